The summed E-state index contributed by atoms with van der Waals surface area (Å²) in [6.07, 6.45) is -0.246. The van der Waals surface area contributed by atoms with Crippen molar-refractivity contribution in [2.45, 2.75) is 58.7 Å². The average molecular weight is 279 g/mol. The number of nitrogens with one attached hydrogen (secondary N) is 1. The van der Waals surface area contributed by atoms with Crippen LogP contribution in [0.4, 0.5) is 0 Å². The Balaban J connectivity index is 2.87. The highest BCUT2D eigenvalue weighted by atomic mass is 16.4. The normalized spacial score (nSPS) is 14.3. The first-order chi connectivity index (χ1) is 9.31. The Labute approximate surface area is 120 Å². The quantitative estimate of drug-likeness (QED) is 0.717. The molecule has 4 heteroatoms. The first kappa shape index (κ1) is 16.7. The molecule has 0 aliphatic heterocycles. The number of benzene rings is 1. The maximum atomic E-state index is 10.7. The molecule has 0 aromatic heterocycles. The average Bonchev–Trinajstić information content (AvgIpc) is 2.36. The predicted molar refractivity (Wildman–Crippen MR) is 79.8 cm³/mol. The lowest BCUT2D eigenvalue weighted by Gasteiger charge is -2.26. The van der Waals surface area contributed by atoms with E-state index in [2.05, 4.69) is 5.32 Å². The van der Waals surface area contributed by atoms with E-state index in [1.807, 2.05) is 45.9 Å². The summed E-state index contributed by atoms with van der Waals surface area (Å²) in [5.74, 6) is -0.840. The number of aliphatic carboxylic acids is 1. The van der Waals surface area contributed by atoms with Crippen molar-refractivity contribution in [1.29, 1.82) is 0 Å². The summed E-state index contributed by atoms with van der Waals surface area (Å²) in [4.78, 5) is 10.7. The molecule has 0 aliphatic carbocycles. The van der Waals surface area contributed by atoms with Crippen LogP contribution in [-0.4, -0.2) is 28.3 Å². The highest BCUT2D eigenvalue weighted by Crippen LogP contribution is 2.22. The summed E-state index contributed by atoms with van der Waals surface area (Å²) in [5, 5.41) is 22.6. The molecule has 0 saturated heterocycles. The zero-order valence-electron chi connectivity index (χ0n) is 12.7. The van der Waals surface area contributed by atoms with Gasteiger partial charge < -0.3 is 15.5 Å². The van der Waals surface area contributed by atoms with Crippen LogP contribution in [0.1, 0.15) is 49.5 Å². The van der Waals surface area contributed by atoms with Gasteiger partial charge in [0, 0.05) is 18.5 Å². The van der Waals surface area contributed by atoms with E-state index in [4.69, 9.17) is 5.11 Å². The summed E-state index contributed by atoms with van der Waals surface area (Å²) in [6.45, 7) is 8.01. The van der Waals surface area contributed by atoms with Gasteiger partial charge in [-0.1, -0.05) is 32.0 Å². The van der Waals surface area contributed by atoms with E-state index in [1.54, 1.807) is 0 Å². The molecule has 0 fully saturated rings. The first-order valence-corrected chi connectivity index (χ1v) is 7.04. The summed E-state index contributed by atoms with van der Waals surface area (Å²) < 4.78 is 0. The predicted octanol–water partition coefficient (Wildman–Crippen LogP) is 2.57. The topological polar surface area (TPSA) is 69.6 Å². The largest absolute Gasteiger partial charge is 0.481 e. The molecule has 4 nitrogen and oxygen atoms in total. The summed E-state index contributed by atoms with van der Waals surface area (Å²) in [6, 6.07) is 5.79. The van der Waals surface area contributed by atoms with Crippen molar-refractivity contribution in [3.63, 3.8) is 0 Å². The van der Waals surface area contributed by atoms with Crippen molar-refractivity contribution in [3.05, 3.63) is 34.9 Å². The fourth-order valence-electron chi connectivity index (χ4n) is 2.22. The molecule has 1 aromatic rings. The molecular formula is C16H25NO3. The van der Waals surface area contributed by atoms with Gasteiger partial charge in [0.05, 0.1) is 6.10 Å². The number of hydrogen-bond acceptors (Lipinski definition) is 3. The van der Waals surface area contributed by atoms with Crippen LogP contribution in [0.15, 0.2) is 18.2 Å². The Kier molecular flexibility index (Phi) is 6.17. The van der Waals surface area contributed by atoms with Gasteiger partial charge in [0.25, 0.3) is 0 Å². The molecule has 0 spiro atoms. The van der Waals surface area contributed by atoms with E-state index in [0.29, 0.717) is 6.42 Å². The lowest BCUT2D eigenvalue weighted by atomic mass is 9.95. The minimum atomic E-state index is -0.840. The van der Waals surface area contributed by atoms with Gasteiger partial charge in [-0.3, -0.25) is 4.79 Å². The third kappa shape index (κ3) is 4.94. The molecule has 1 aromatic carbocycles. The SMILES string of the molecule is Cc1ccc(C(O)C(CCC(=O)O)NC(C)C)cc1C. The number of hydrogen-bond donors (Lipinski definition) is 3. The summed E-state index contributed by atoms with van der Waals surface area (Å²) in [5.41, 5.74) is 3.14. The molecule has 3 N–H and O–H groups in total. The molecule has 112 valence electrons. The Morgan fingerprint density at radius 2 is 1.90 bits per heavy atom. The van der Waals surface area contributed by atoms with Crippen molar-refractivity contribution in [1.82, 2.24) is 5.32 Å². The van der Waals surface area contributed by atoms with Crippen molar-refractivity contribution in [2.24, 2.45) is 0 Å². The van der Waals surface area contributed by atoms with Crippen LogP contribution >= 0.6 is 0 Å². The Morgan fingerprint density at radius 1 is 1.25 bits per heavy atom. The van der Waals surface area contributed by atoms with E-state index >= 15 is 0 Å². The smallest absolute Gasteiger partial charge is 0.303 e. The van der Waals surface area contributed by atoms with Crippen LogP contribution < -0.4 is 5.32 Å². The molecule has 0 heterocycles. The van der Waals surface area contributed by atoms with E-state index in [1.165, 1.54) is 5.56 Å². The third-order valence-electron chi connectivity index (χ3n) is 3.47. The van der Waals surface area contributed by atoms with Gasteiger partial charge in [-0.05, 0) is 37.0 Å². The number of aryl methyl sites for hydroxylation is 2. The molecule has 0 amide bonds. The molecule has 20 heavy (non-hydrogen) atoms. The fourth-order valence-corrected chi connectivity index (χ4v) is 2.22. The van der Waals surface area contributed by atoms with E-state index in [9.17, 15) is 9.90 Å². The molecular weight excluding hydrogens is 254 g/mol. The van der Waals surface area contributed by atoms with Crippen molar-refractivity contribution in [3.8, 4) is 0 Å². The molecule has 2 unspecified atom stereocenters. The Hall–Kier alpha value is -1.39. The third-order valence-corrected chi connectivity index (χ3v) is 3.47. The van der Waals surface area contributed by atoms with Crippen molar-refractivity contribution in [2.75, 3.05) is 0 Å². The summed E-state index contributed by atoms with van der Waals surface area (Å²) >= 11 is 0. The number of carboxylic acid groups (broad SMARTS) is 1. The molecule has 0 radical (unpaired) electrons. The van der Waals surface area contributed by atoms with E-state index in [-0.39, 0.29) is 18.5 Å². The summed E-state index contributed by atoms with van der Waals surface area (Å²) in [7, 11) is 0. The second-order valence-corrected chi connectivity index (χ2v) is 5.65. The number of aliphatic hydroxyl groups is 1. The van der Waals surface area contributed by atoms with Crippen LogP contribution in [-0.2, 0) is 4.79 Å². The van der Waals surface area contributed by atoms with Gasteiger partial charge in [0.15, 0.2) is 0 Å². The number of rotatable bonds is 7. The van der Waals surface area contributed by atoms with Gasteiger partial charge in [0.2, 0.25) is 0 Å². The molecule has 0 saturated carbocycles. The van der Waals surface area contributed by atoms with Gasteiger partial charge in [-0.2, -0.15) is 0 Å². The zero-order chi connectivity index (χ0) is 15.3. The standard InChI is InChI=1S/C16H25NO3/c1-10(2)17-14(7-8-15(18)19)16(20)13-6-5-11(3)12(4)9-13/h5-6,9-10,14,16-17,20H,7-8H2,1-4H3,(H,18,19). The van der Waals surface area contributed by atoms with Crippen LogP contribution in [0.5, 0.6) is 0 Å². The second-order valence-electron chi connectivity index (χ2n) is 5.65. The Morgan fingerprint density at radius 3 is 2.40 bits per heavy atom. The van der Waals surface area contributed by atoms with Crippen LogP contribution in [0, 0.1) is 13.8 Å². The molecule has 0 aliphatic rings. The van der Waals surface area contributed by atoms with E-state index < -0.39 is 12.1 Å². The van der Waals surface area contributed by atoms with Gasteiger partial charge >= 0.3 is 5.97 Å². The van der Waals surface area contributed by atoms with Gasteiger partial charge in [0.1, 0.15) is 0 Å². The number of carboxylic acids is 1. The first-order valence-electron chi connectivity index (χ1n) is 7.04. The van der Waals surface area contributed by atoms with Crippen LogP contribution in [0.25, 0.3) is 0 Å². The number of aliphatic hydroxyl groups excluding tert-OH is 1. The van der Waals surface area contributed by atoms with Crippen LogP contribution in [0.3, 0.4) is 0 Å². The van der Waals surface area contributed by atoms with Gasteiger partial charge in [-0.25, -0.2) is 0 Å². The highest BCUT2D eigenvalue weighted by Gasteiger charge is 2.22. The minimum Gasteiger partial charge on any atom is -0.481 e. The molecule has 2 atom stereocenters. The Bertz CT molecular complexity index is 457. The second kappa shape index (κ2) is 7.41. The minimum absolute atomic E-state index is 0.0479. The zero-order valence-corrected chi connectivity index (χ0v) is 12.7. The van der Waals surface area contributed by atoms with E-state index in [0.717, 1.165) is 11.1 Å². The molecule has 0 bridgehead atoms. The van der Waals surface area contributed by atoms with Crippen molar-refractivity contribution >= 4 is 5.97 Å². The monoisotopic (exact) mass is 279 g/mol. The number of carbonyl (C=O) groups is 1. The maximum absolute atomic E-state index is 10.7. The van der Waals surface area contributed by atoms with Crippen LogP contribution in [0.2, 0.25) is 0 Å². The molecule has 1 rings (SSSR count). The lowest BCUT2D eigenvalue weighted by molar-refractivity contribution is -0.137. The lowest BCUT2D eigenvalue weighted by Crippen LogP contribution is -2.39. The fraction of sp³-hybridized carbons (Fsp3) is 0.562. The van der Waals surface area contributed by atoms with Crippen molar-refractivity contribution < 1.29 is 15.0 Å². The maximum Gasteiger partial charge on any atom is 0.303 e. The highest BCUT2D eigenvalue weighted by molar-refractivity contribution is 5.66. The van der Waals surface area contributed by atoms with Gasteiger partial charge in [-0.15, -0.1) is 0 Å².